The lowest BCUT2D eigenvalue weighted by atomic mass is 10.1. The summed E-state index contributed by atoms with van der Waals surface area (Å²) < 4.78 is 60.9. The van der Waals surface area contributed by atoms with Crippen molar-refractivity contribution < 1.29 is 75.8 Å². The van der Waals surface area contributed by atoms with Gasteiger partial charge in [-0.25, -0.2) is 9.13 Å². The highest BCUT2D eigenvalue weighted by Crippen LogP contribution is 2.45. The van der Waals surface area contributed by atoms with Gasteiger partial charge in [0.25, 0.3) is 0 Å². The highest BCUT2D eigenvalue weighted by molar-refractivity contribution is 7.47. The Morgan fingerprint density at radius 2 is 0.582 bits per heavy atom. The van der Waals surface area contributed by atoms with Crippen molar-refractivity contribution in [1.29, 1.82) is 0 Å². The van der Waals surface area contributed by atoms with Gasteiger partial charge in [-0.15, -0.1) is 0 Å². The second-order valence-electron chi connectivity index (χ2n) is 22.6. The Balaban J connectivity index is 4.73. The minimum Gasteiger partial charge on any atom is -0.463 e. The zero-order valence-corrected chi connectivity index (χ0v) is 58.0. The second-order valence-corrected chi connectivity index (χ2v) is 25.5. The molecule has 91 heavy (non-hydrogen) atoms. The average Bonchev–Trinajstić information content (AvgIpc) is 3.02. The third kappa shape index (κ3) is 66.9. The Bertz CT molecular complexity index is 2190. The molecule has 0 aromatic carbocycles. The lowest BCUT2D eigenvalue weighted by Gasteiger charge is -2.21. The van der Waals surface area contributed by atoms with Crippen LogP contribution in [0.25, 0.3) is 0 Å². The van der Waals surface area contributed by atoms with Crippen LogP contribution in [0.1, 0.15) is 252 Å². The fraction of sp³-hybridized carbons (Fsp3) is 0.658. The quantitative estimate of drug-likeness (QED) is 0.0146. The van der Waals surface area contributed by atoms with Crippen LogP contribution < -0.4 is 0 Å². The van der Waals surface area contributed by atoms with Crippen LogP contribution in [0.4, 0.5) is 0 Å². The molecule has 520 valence electrons. The second kappa shape index (κ2) is 65.7. The van der Waals surface area contributed by atoms with Gasteiger partial charge in [-0.05, 0) is 135 Å². The maximum absolute atomic E-state index is 12.9. The number of allylic oxidation sites excluding steroid dienone is 22. The van der Waals surface area contributed by atoms with Gasteiger partial charge in [0, 0.05) is 19.3 Å². The number of aliphatic hydroxyl groups excluding tert-OH is 2. The van der Waals surface area contributed by atoms with Gasteiger partial charge in [0.15, 0.2) is 6.10 Å². The first-order valence-corrected chi connectivity index (χ1v) is 37.5. The van der Waals surface area contributed by atoms with Crippen molar-refractivity contribution in [2.45, 2.75) is 270 Å². The monoisotopic (exact) mass is 1320 g/mol. The van der Waals surface area contributed by atoms with Crippen LogP contribution in [0.3, 0.4) is 0 Å². The Hall–Kier alpha value is -4.31. The Morgan fingerprint density at radius 1 is 0.319 bits per heavy atom. The number of carbonyl (C=O) groups excluding carboxylic acids is 3. The third-order valence-corrected chi connectivity index (χ3v) is 15.7. The molecule has 5 unspecified atom stereocenters. The molecule has 0 saturated heterocycles. The van der Waals surface area contributed by atoms with Crippen LogP contribution in [0, 0.1) is 0 Å². The molecule has 0 saturated carbocycles. The lowest BCUT2D eigenvalue weighted by molar-refractivity contribution is -0.161. The third-order valence-electron chi connectivity index (χ3n) is 13.8. The molecule has 0 fully saturated rings. The molecule has 0 aromatic heterocycles. The van der Waals surface area contributed by atoms with Gasteiger partial charge in [0.1, 0.15) is 25.4 Å². The van der Waals surface area contributed by atoms with E-state index in [1.165, 1.54) is 25.7 Å². The Kier molecular flexibility index (Phi) is 62.6. The standard InChI is InChI=1S/C73H122O16P2/c1-4-7-10-13-16-19-22-25-28-31-32-33-34-37-39-41-44-47-50-53-56-59-71(76)83-62-68(74)63-85-90(79,80)86-64-69(75)65-87-91(81,82)88-67-70(89-73(78)61-58-55-52-49-46-43-40-36-30-27-24-21-18-15-12-9-6-3)66-84-72(77)60-57-54-51-48-45-42-38-35-29-26-23-20-17-14-11-8-5-2/h8-9,11-12,16-21,25-30,32-33,37-39,42,68-70,74-75H,4-7,10,13-15,22-24,31,34-36,40-41,43-67H2,1-3H3,(H,79,80)(H,81,82)/b11-8-,12-9-,19-16-,20-17-,21-18-,28-25-,29-26-,30-27-,33-32-,39-37-,42-38-. The highest BCUT2D eigenvalue weighted by Gasteiger charge is 2.29. The van der Waals surface area contributed by atoms with E-state index in [-0.39, 0.29) is 19.3 Å². The first-order chi connectivity index (χ1) is 44.2. The van der Waals surface area contributed by atoms with Crippen molar-refractivity contribution >= 4 is 33.6 Å². The van der Waals surface area contributed by atoms with Crippen LogP contribution in [0.2, 0.25) is 0 Å². The molecule has 0 aliphatic heterocycles. The van der Waals surface area contributed by atoms with Gasteiger partial charge in [0.05, 0.1) is 26.4 Å². The molecule has 0 rings (SSSR count). The van der Waals surface area contributed by atoms with E-state index in [4.69, 9.17) is 32.3 Å². The van der Waals surface area contributed by atoms with Crippen LogP contribution in [0.5, 0.6) is 0 Å². The Labute approximate surface area is 550 Å². The molecular weight excluding hydrogens is 1190 g/mol. The van der Waals surface area contributed by atoms with E-state index >= 15 is 0 Å². The van der Waals surface area contributed by atoms with Gasteiger partial charge in [-0.1, -0.05) is 231 Å². The largest absolute Gasteiger partial charge is 0.472 e. The number of rotatable bonds is 64. The van der Waals surface area contributed by atoms with Crippen molar-refractivity contribution in [3.8, 4) is 0 Å². The first kappa shape index (κ1) is 86.7. The van der Waals surface area contributed by atoms with E-state index in [1.807, 2.05) is 0 Å². The molecule has 0 radical (unpaired) electrons. The molecule has 0 heterocycles. The van der Waals surface area contributed by atoms with E-state index in [0.717, 1.165) is 167 Å². The van der Waals surface area contributed by atoms with Gasteiger partial charge >= 0.3 is 33.6 Å². The van der Waals surface area contributed by atoms with Crippen molar-refractivity contribution in [2.24, 2.45) is 0 Å². The van der Waals surface area contributed by atoms with Crippen molar-refractivity contribution in [2.75, 3.05) is 39.6 Å². The number of phosphoric acid groups is 2. The maximum Gasteiger partial charge on any atom is 0.472 e. The normalized spacial score (nSPS) is 15.0. The summed E-state index contributed by atoms with van der Waals surface area (Å²) in [6, 6.07) is 0. The minimum atomic E-state index is -4.94. The number of hydrogen-bond donors (Lipinski definition) is 4. The number of carbonyl (C=O) groups is 3. The molecule has 4 N–H and O–H groups in total. The predicted octanol–water partition coefficient (Wildman–Crippen LogP) is 19.2. The molecule has 0 aliphatic rings. The maximum atomic E-state index is 12.9. The highest BCUT2D eigenvalue weighted by atomic mass is 31.2. The van der Waals surface area contributed by atoms with E-state index < -0.39 is 91.5 Å². The van der Waals surface area contributed by atoms with Crippen molar-refractivity contribution in [3.63, 3.8) is 0 Å². The number of ether oxygens (including phenoxy) is 3. The summed E-state index contributed by atoms with van der Waals surface area (Å²) in [7, 11) is -9.80. The van der Waals surface area contributed by atoms with Gasteiger partial charge in [-0.3, -0.25) is 32.5 Å². The van der Waals surface area contributed by atoms with E-state index in [2.05, 4.69) is 154 Å². The van der Waals surface area contributed by atoms with E-state index in [9.17, 15) is 43.5 Å². The molecular formula is C73H122O16P2. The summed E-state index contributed by atoms with van der Waals surface area (Å²) in [6.07, 6.45) is 76.4. The predicted molar refractivity (Wildman–Crippen MR) is 371 cm³/mol. The van der Waals surface area contributed by atoms with Crippen LogP contribution in [-0.2, 0) is 55.8 Å². The molecule has 16 nitrogen and oxygen atoms in total. The average molecular weight is 1320 g/mol. The summed E-state index contributed by atoms with van der Waals surface area (Å²) in [4.78, 5) is 58.4. The van der Waals surface area contributed by atoms with E-state index in [0.29, 0.717) is 19.3 Å². The summed E-state index contributed by atoms with van der Waals surface area (Å²) in [5.74, 6) is -1.64. The Morgan fingerprint density at radius 3 is 0.923 bits per heavy atom. The first-order valence-electron chi connectivity index (χ1n) is 34.5. The molecule has 0 amide bonds. The lowest BCUT2D eigenvalue weighted by Crippen LogP contribution is -2.30. The van der Waals surface area contributed by atoms with Crippen molar-refractivity contribution in [1.82, 2.24) is 0 Å². The van der Waals surface area contributed by atoms with Crippen LogP contribution in [-0.4, -0.2) is 95.9 Å². The van der Waals surface area contributed by atoms with Crippen LogP contribution in [0.15, 0.2) is 134 Å². The molecule has 18 heteroatoms. The molecule has 0 aromatic rings. The zero-order valence-electron chi connectivity index (χ0n) is 56.2. The number of phosphoric ester groups is 2. The number of aliphatic hydroxyl groups is 2. The minimum absolute atomic E-state index is 0.0828. The van der Waals surface area contributed by atoms with Gasteiger partial charge in [-0.2, -0.15) is 0 Å². The van der Waals surface area contributed by atoms with Gasteiger partial charge < -0.3 is 34.2 Å². The summed E-state index contributed by atoms with van der Waals surface area (Å²) in [5.41, 5.74) is 0. The number of hydrogen-bond acceptors (Lipinski definition) is 14. The topological polar surface area (TPSA) is 231 Å². The van der Waals surface area contributed by atoms with Gasteiger partial charge in [0.2, 0.25) is 0 Å². The fourth-order valence-electron chi connectivity index (χ4n) is 8.62. The van der Waals surface area contributed by atoms with Crippen LogP contribution >= 0.6 is 15.6 Å². The molecule has 0 spiro atoms. The van der Waals surface area contributed by atoms with E-state index in [1.54, 1.807) is 0 Å². The molecule has 5 atom stereocenters. The van der Waals surface area contributed by atoms with Crippen molar-refractivity contribution in [3.05, 3.63) is 134 Å². The summed E-state index contributed by atoms with van der Waals surface area (Å²) >= 11 is 0. The smallest absolute Gasteiger partial charge is 0.463 e. The number of esters is 3. The summed E-state index contributed by atoms with van der Waals surface area (Å²) in [6.45, 7) is 2.34. The SMILES string of the molecule is CC/C=C\C/C=C\C/C=C\C/C=C\CCCCCCC(=O)OCC(COP(=O)(O)OCC(O)COP(=O)(O)OCC(O)COC(=O)CCCCCCC/C=C\C/C=C\C/C=C\C/C=C\CCCCC)OC(=O)CCCCCCCCC/C=C\C/C=C\C/C=C\CC. The zero-order chi connectivity index (χ0) is 66.7. The number of unbranched alkanes of at least 4 members (excludes halogenated alkanes) is 19. The molecule has 0 bridgehead atoms. The summed E-state index contributed by atoms with van der Waals surface area (Å²) in [5, 5.41) is 20.6. The fourth-order valence-corrected chi connectivity index (χ4v) is 10.2. The molecule has 0 aliphatic carbocycles.